The summed E-state index contributed by atoms with van der Waals surface area (Å²) in [6.45, 7) is 3.02. The highest BCUT2D eigenvalue weighted by Gasteiger charge is 2.16. The molecule has 122 valence electrons. The minimum absolute atomic E-state index is 0.189. The largest absolute Gasteiger partial charge is 0.481 e. The third kappa shape index (κ3) is 4.58. The normalized spacial score (nSPS) is 11.0. The lowest BCUT2D eigenvalue weighted by Crippen LogP contribution is -2.30. The van der Waals surface area contributed by atoms with Gasteiger partial charge in [0.05, 0.1) is 11.3 Å². The molecule has 2 rings (SSSR count). The summed E-state index contributed by atoms with van der Waals surface area (Å²) in [5.41, 5.74) is 1.40. The van der Waals surface area contributed by atoms with Crippen LogP contribution >= 0.6 is 0 Å². The number of hydrogen-bond donors (Lipinski definition) is 2. The summed E-state index contributed by atoms with van der Waals surface area (Å²) < 4.78 is 5.60. The Bertz CT molecular complexity index is 796. The number of para-hydroxylation sites is 1. The van der Waals surface area contributed by atoms with E-state index in [2.05, 4.69) is 10.6 Å². The second-order valence-corrected chi connectivity index (χ2v) is 5.12. The van der Waals surface area contributed by atoms with Crippen molar-refractivity contribution in [2.75, 3.05) is 10.6 Å². The Morgan fingerprint density at radius 1 is 1.12 bits per heavy atom. The molecule has 2 aromatic carbocycles. The molecule has 6 heteroatoms. The quantitative estimate of drug-likeness (QED) is 0.885. The van der Waals surface area contributed by atoms with Crippen molar-refractivity contribution in [2.45, 2.75) is 20.0 Å². The molecule has 0 bridgehead atoms. The Balaban J connectivity index is 2.04. The average molecular weight is 323 g/mol. The van der Waals surface area contributed by atoms with Gasteiger partial charge in [-0.1, -0.05) is 18.2 Å². The van der Waals surface area contributed by atoms with Crippen molar-refractivity contribution in [1.82, 2.24) is 0 Å². The zero-order chi connectivity index (χ0) is 17.5. The number of ether oxygens (including phenoxy) is 1. The number of nitrogens with zero attached hydrogens (tertiary/aromatic N) is 1. The fourth-order valence-electron chi connectivity index (χ4n) is 2.03. The zero-order valence-corrected chi connectivity index (χ0v) is 13.4. The molecule has 0 spiro atoms. The van der Waals surface area contributed by atoms with Gasteiger partial charge in [-0.15, -0.1) is 0 Å². The molecule has 0 saturated carbocycles. The van der Waals surface area contributed by atoms with Crippen LogP contribution < -0.4 is 15.4 Å². The number of amides is 2. The van der Waals surface area contributed by atoms with E-state index in [9.17, 15) is 9.59 Å². The second-order valence-electron chi connectivity index (χ2n) is 5.12. The van der Waals surface area contributed by atoms with Crippen molar-refractivity contribution >= 4 is 23.2 Å². The molecular formula is C18H17N3O3. The first-order chi connectivity index (χ1) is 11.5. The van der Waals surface area contributed by atoms with Crippen LogP contribution in [0.4, 0.5) is 11.4 Å². The topological polar surface area (TPSA) is 91.2 Å². The van der Waals surface area contributed by atoms with E-state index < -0.39 is 6.10 Å². The monoisotopic (exact) mass is 323 g/mol. The van der Waals surface area contributed by atoms with E-state index in [4.69, 9.17) is 10.00 Å². The SMILES string of the molecule is CC(=O)Nc1cccc(O[C@@H](C)C(=O)Nc2ccccc2C#N)c1. The smallest absolute Gasteiger partial charge is 0.265 e. The van der Waals surface area contributed by atoms with Crippen LogP contribution in [0.25, 0.3) is 0 Å². The Hall–Kier alpha value is -3.33. The first kappa shape index (κ1) is 17.0. The molecule has 0 saturated heterocycles. The van der Waals surface area contributed by atoms with Gasteiger partial charge in [-0.3, -0.25) is 9.59 Å². The van der Waals surface area contributed by atoms with Crippen LogP contribution in [0, 0.1) is 11.3 Å². The fourth-order valence-corrected chi connectivity index (χ4v) is 2.03. The van der Waals surface area contributed by atoms with E-state index in [1.807, 2.05) is 6.07 Å². The van der Waals surface area contributed by atoms with Crippen LogP contribution in [0.3, 0.4) is 0 Å². The predicted molar refractivity (Wildman–Crippen MR) is 90.6 cm³/mol. The van der Waals surface area contributed by atoms with Crippen LogP contribution in [-0.4, -0.2) is 17.9 Å². The highest BCUT2D eigenvalue weighted by atomic mass is 16.5. The van der Waals surface area contributed by atoms with Crippen molar-refractivity contribution in [2.24, 2.45) is 0 Å². The first-order valence-corrected chi connectivity index (χ1v) is 7.34. The molecule has 0 aliphatic carbocycles. The van der Waals surface area contributed by atoms with Gasteiger partial charge in [0.1, 0.15) is 11.8 Å². The van der Waals surface area contributed by atoms with Gasteiger partial charge in [0.15, 0.2) is 6.10 Å². The van der Waals surface area contributed by atoms with Crippen LogP contribution in [0.1, 0.15) is 19.4 Å². The lowest BCUT2D eigenvalue weighted by molar-refractivity contribution is -0.122. The fraction of sp³-hybridized carbons (Fsp3) is 0.167. The van der Waals surface area contributed by atoms with Crippen LogP contribution in [-0.2, 0) is 9.59 Å². The first-order valence-electron chi connectivity index (χ1n) is 7.34. The zero-order valence-electron chi connectivity index (χ0n) is 13.4. The Morgan fingerprint density at radius 3 is 2.58 bits per heavy atom. The van der Waals surface area contributed by atoms with E-state index in [0.717, 1.165) is 0 Å². The lowest BCUT2D eigenvalue weighted by Gasteiger charge is -2.16. The number of carbonyl (C=O) groups is 2. The summed E-state index contributed by atoms with van der Waals surface area (Å²) in [5.74, 6) is -0.105. The van der Waals surface area contributed by atoms with Crippen molar-refractivity contribution in [3.63, 3.8) is 0 Å². The molecule has 0 unspecified atom stereocenters. The molecule has 0 aromatic heterocycles. The standard InChI is InChI=1S/C18H17N3O3/c1-12(18(23)21-17-9-4-3-6-14(17)11-19)24-16-8-5-7-15(10-16)20-13(2)22/h3-10,12H,1-2H3,(H,20,22)(H,21,23)/t12-/m0/s1. The van der Waals surface area contributed by atoms with Crippen molar-refractivity contribution in [3.8, 4) is 11.8 Å². The average Bonchev–Trinajstić information content (AvgIpc) is 2.55. The molecule has 2 aromatic rings. The highest BCUT2D eigenvalue weighted by molar-refractivity contribution is 5.95. The van der Waals surface area contributed by atoms with Crippen LogP contribution in [0.5, 0.6) is 5.75 Å². The minimum Gasteiger partial charge on any atom is -0.481 e. The van der Waals surface area contributed by atoms with E-state index in [1.165, 1.54) is 6.92 Å². The Kier molecular flexibility index (Phi) is 5.53. The summed E-state index contributed by atoms with van der Waals surface area (Å²) in [7, 11) is 0. The van der Waals surface area contributed by atoms with Gasteiger partial charge in [0.2, 0.25) is 5.91 Å². The van der Waals surface area contributed by atoms with E-state index in [0.29, 0.717) is 22.7 Å². The molecular weight excluding hydrogens is 306 g/mol. The number of hydrogen-bond acceptors (Lipinski definition) is 4. The second kappa shape index (κ2) is 7.79. The van der Waals surface area contributed by atoms with Crippen molar-refractivity contribution < 1.29 is 14.3 Å². The van der Waals surface area contributed by atoms with Gasteiger partial charge in [-0.2, -0.15) is 5.26 Å². The third-order valence-electron chi connectivity index (χ3n) is 3.14. The number of nitrogens with one attached hydrogen (secondary N) is 2. The van der Waals surface area contributed by atoms with E-state index in [-0.39, 0.29) is 11.8 Å². The summed E-state index contributed by atoms with van der Waals surface area (Å²) in [6.07, 6.45) is -0.774. The molecule has 0 radical (unpaired) electrons. The van der Waals surface area contributed by atoms with Crippen molar-refractivity contribution in [3.05, 3.63) is 54.1 Å². The number of nitriles is 1. The Labute approximate surface area is 140 Å². The summed E-state index contributed by atoms with van der Waals surface area (Å²) in [6, 6.07) is 15.5. The van der Waals surface area contributed by atoms with E-state index >= 15 is 0 Å². The molecule has 2 N–H and O–H groups in total. The maximum atomic E-state index is 12.2. The molecule has 0 fully saturated rings. The molecule has 24 heavy (non-hydrogen) atoms. The number of rotatable bonds is 5. The summed E-state index contributed by atoms with van der Waals surface area (Å²) in [4.78, 5) is 23.3. The number of carbonyl (C=O) groups excluding carboxylic acids is 2. The van der Waals surface area contributed by atoms with E-state index in [1.54, 1.807) is 55.5 Å². The molecule has 2 amide bonds. The highest BCUT2D eigenvalue weighted by Crippen LogP contribution is 2.19. The number of anilines is 2. The molecule has 0 heterocycles. The van der Waals surface area contributed by atoms with Gasteiger partial charge < -0.3 is 15.4 Å². The molecule has 0 aliphatic rings. The van der Waals surface area contributed by atoms with Gasteiger partial charge in [-0.25, -0.2) is 0 Å². The molecule has 0 aliphatic heterocycles. The third-order valence-corrected chi connectivity index (χ3v) is 3.14. The van der Waals surface area contributed by atoms with Gasteiger partial charge in [0.25, 0.3) is 5.91 Å². The maximum absolute atomic E-state index is 12.2. The summed E-state index contributed by atoms with van der Waals surface area (Å²) in [5, 5.41) is 14.4. The van der Waals surface area contributed by atoms with Crippen LogP contribution in [0.15, 0.2) is 48.5 Å². The predicted octanol–water partition coefficient (Wildman–Crippen LogP) is 2.92. The van der Waals surface area contributed by atoms with Crippen molar-refractivity contribution in [1.29, 1.82) is 5.26 Å². The van der Waals surface area contributed by atoms with Gasteiger partial charge in [0, 0.05) is 18.7 Å². The van der Waals surface area contributed by atoms with Gasteiger partial charge in [-0.05, 0) is 31.2 Å². The minimum atomic E-state index is -0.774. The van der Waals surface area contributed by atoms with Crippen LogP contribution in [0.2, 0.25) is 0 Å². The number of benzene rings is 2. The molecule has 6 nitrogen and oxygen atoms in total. The van der Waals surface area contributed by atoms with Gasteiger partial charge >= 0.3 is 0 Å². The molecule has 1 atom stereocenters. The maximum Gasteiger partial charge on any atom is 0.265 e. The lowest BCUT2D eigenvalue weighted by atomic mass is 10.2. The summed E-state index contributed by atoms with van der Waals surface area (Å²) >= 11 is 0. The Morgan fingerprint density at radius 2 is 1.88 bits per heavy atom.